The fourth-order valence-corrected chi connectivity index (χ4v) is 5.72. The van der Waals surface area contributed by atoms with E-state index in [0.29, 0.717) is 12.0 Å². The molecule has 180 valence electrons. The van der Waals surface area contributed by atoms with Crippen molar-refractivity contribution in [2.75, 3.05) is 0 Å². The number of fused-ring (bicyclic) bond motifs is 1. The van der Waals surface area contributed by atoms with Gasteiger partial charge in [-0.3, -0.25) is 4.79 Å². The Labute approximate surface area is 212 Å². The van der Waals surface area contributed by atoms with Crippen molar-refractivity contribution in [1.29, 1.82) is 0 Å². The normalized spacial score (nSPS) is 22.7. The number of aliphatic hydroxyl groups is 1. The second-order valence-corrected chi connectivity index (χ2v) is 9.89. The third-order valence-electron chi connectivity index (χ3n) is 7.52. The number of ketones is 1. The van der Waals surface area contributed by atoms with E-state index in [-0.39, 0.29) is 11.6 Å². The minimum Gasteiger partial charge on any atom is -0.392 e. The van der Waals surface area contributed by atoms with E-state index in [0.717, 1.165) is 53.5 Å². The van der Waals surface area contributed by atoms with Crippen molar-refractivity contribution in [3.8, 4) is 11.8 Å². The molecule has 0 saturated heterocycles. The van der Waals surface area contributed by atoms with Gasteiger partial charge in [0.1, 0.15) is 5.82 Å². The van der Waals surface area contributed by atoms with Crippen molar-refractivity contribution in [2.45, 2.75) is 45.1 Å². The van der Waals surface area contributed by atoms with E-state index in [1.807, 2.05) is 55.5 Å². The van der Waals surface area contributed by atoms with Crippen LogP contribution in [0.4, 0.5) is 4.39 Å². The summed E-state index contributed by atoms with van der Waals surface area (Å²) >= 11 is 0. The largest absolute Gasteiger partial charge is 0.392 e. The molecule has 2 aliphatic carbocycles. The molecule has 3 heteroatoms. The summed E-state index contributed by atoms with van der Waals surface area (Å²) in [5, 5.41) is 11.3. The van der Waals surface area contributed by atoms with Crippen LogP contribution in [-0.4, -0.2) is 17.0 Å². The average Bonchev–Trinajstić information content (AvgIpc) is 2.88. The number of allylic oxidation sites excluding steroid dienone is 2. The second-order valence-electron chi connectivity index (χ2n) is 9.89. The van der Waals surface area contributed by atoms with Gasteiger partial charge in [0.25, 0.3) is 0 Å². The second kappa shape index (κ2) is 10.1. The molecule has 3 aromatic carbocycles. The third kappa shape index (κ3) is 4.83. The van der Waals surface area contributed by atoms with E-state index in [4.69, 9.17) is 0 Å². The van der Waals surface area contributed by atoms with Crippen LogP contribution < -0.4 is 0 Å². The first-order valence-electron chi connectivity index (χ1n) is 12.5. The number of carbonyl (C=O) groups excluding carboxylic acids is 1. The molecule has 1 fully saturated rings. The van der Waals surface area contributed by atoms with Crippen LogP contribution in [0.2, 0.25) is 0 Å². The lowest BCUT2D eigenvalue weighted by Crippen LogP contribution is -2.46. The molecule has 0 heterocycles. The molecule has 3 aromatic rings. The highest BCUT2D eigenvalue weighted by atomic mass is 19.1. The van der Waals surface area contributed by atoms with E-state index in [9.17, 15) is 14.3 Å². The van der Waals surface area contributed by atoms with E-state index >= 15 is 0 Å². The van der Waals surface area contributed by atoms with Crippen LogP contribution in [0.15, 0.2) is 95.6 Å². The van der Waals surface area contributed by atoms with Crippen LogP contribution in [0, 0.1) is 23.1 Å². The monoisotopic (exact) mass is 476 g/mol. The smallest absolute Gasteiger partial charge is 0.184 e. The van der Waals surface area contributed by atoms with Gasteiger partial charge in [0.05, 0.1) is 6.10 Å². The highest BCUT2D eigenvalue weighted by Crippen LogP contribution is 2.52. The van der Waals surface area contributed by atoms with Crippen LogP contribution >= 0.6 is 0 Å². The van der Waals surface area contributed by atoms with Crippen LogP contribution in [0.25, 0.3) is 6.08 Å². The topological polar surface area (TPSA) is 37.3 Å². The Kier molecular flexibility index (Phi) is 6.72. The molecule has 5 rings (SSSR count). The predicted molar refractivity (Wildman–Crippen MR) is 142 cm³/mol. The highest BCUT2D eigenvalue weighted by Gasteiger charge is 2.48. The number of carbonyl (C=O) groups is 1. The Morgan fingerprint density at radius 2 is 1.75 bits per heavy atom. The number of benzene rings is 3. The zero-order valence-corrected chi connectivity index (χ0v) is 20.4. The quantitative estimate of drug-likeness (QED) is 0.339. The number of aliphatic hydroxyl groups excluding tert-OH is 1. The molecule has 2 aliphatic rings. The Morgan fingerprint density at radius 1 is 1.00 bits per heavy atom. The predicted octanol–water partition coefficient (Wildman–Crippen LogP) is 6.67. The van der Waals surface area contributed by atoms with Crippen molar-refractivity contribution in [3.63, 3.8) is 0 Å². The zero-order valence-electron chi connectivity index (χ0n) is 20.4. The van der Waals surface area contributed by atoms with Gasteiger partial charge >= 0.3 is 0 Å². The lowest BCUT2D eigenvalue weighted by atomic mass is 9.57. The lowest BCUT2D eigenvalue weighted by molar-refractivity contribution is -0.113. The Morgan fingerprint density at radius 3 is 2.50 bits per heavy atom. The highest BCUT2D eigenvalue weighted by molar-refractivity contribution is 6.12. The minimum absolute atomic E-state index is 0.0813. The fraction of sp³-hybridized carbons (Fsp3) is 0.242. The van der Waals surface area contributed by atoms with Crippen LogP contribution in [-0.2, 0) is 11.2 Å². The number of hydrogen-bond acceptors (Lipinski definition) is 2. The number of halogens is 1. The molecule has 1 saturated carbocycles. The maximum absolute atomic E-state index is 13.4. The summed E-state index contributed by atoms with van der Waals surface area (Å²) in [6.45, 7) is 1.92. The molecular weight excluding hydrogens is 447 g/mol. The molecule has 2 nitrogen and oxygen atoms in total. The number of rotatable bonds is 3. The maximum Gasteiger partial charge on any atom is 0.184 e. The Bertz CT molecular complexity index is 1400. The van der Waals surface area contributed by atoms with Gasteiger partial charge in [-0.25, -0.2) is 4.39 Å². The van der Waals surface area contributed by atoms with Gasteiger partial charge < -0.3 is 5.11 Å². The number of hydrogen-bond donors (Lipinski definition) is 1. The standard InChI is InChI=1S/C33H29FO2/c1-23-30-11-6-12-31(35)33(30,21-27-7-3-2-4-8-27)22-28(32(23)36)19-26-17-14-24(15-18-26)13-16-25-9-5-10-29(34)20-25/h2-5,7-10,14-15,17-20,31,35H,6,11-12,21-22H2,1H3/b28-19+/t31-,33-/m0/s1. The molecule has 2 atom stereocenters. The zero-order chi connectivity index (χ0) is 25.1. The van der Waals surface area contributed by atoms with Crippen molar-refractivity contribution in [3.05, 3.63) is 124 Å². The third-order valence-corrected chi connectivity index (χ3v) is 7.52. The van der Waals surface area contributed by atoms with E-state index in [1.54, 1.807) is 12.1 Å². The van der Waals surface area contributed by atoms with Crippen molar-refractivity contribution in [2.24, 2.45) is 5.41 Å². The molecule has 0 radical (unpaired) electrons. The summed E-state index contributed by atoms with van der Waals surface area (Å²) in [6.07, 6.45) is 5.27. The van der Waals surface area contributed by atoms with Crippen LogP contribution in [0.5, 0.6) is 0 Å². The molecule has 0 aromatic heterocycles. The van der Waals surface area contributed by atoms with E-state index in [1.165, 1.54) is 17.7 Å². The first kappa shape index (κ1) is 24.0. The van der Waals surface area contributed by atoms with Gasteiger partial charge in [0.2, 0.25) is 0 Å². The van der Waals surface area contributed by atoms with Gasteiger partial charge in [0.15, 0.2) is 5.78 Å². The van der Waals surface area contributed by atoms with Crippen LogP contribution in [0.1, 0.15) is 54.9 Å². The van der Waals surface area contributed by atoms with Gasteiger partial charge in [-0.15, -0.1) is 0 Å². The van der Waals surface area contributed by atoms with Gasteiger partial charge in [-0.05, 0) is 92.1 Å². The summed E-state index contributed by atoms with van der Waals surface area (Å²) in [5.41, 5.74) is 5.77. The van der Waals surface area contributed by atoms with Crippen molar-refractivity contribution < 1.29 is 14.3 Å². The molecule has 0 bridgehead atoms. The lowest BCUT2D eigenvalue weighted by Gasteiger charge is -2.48. The Balaban J connectivity index is 1.45. The molecule has 0 unspecified atom stereocenters. The van der Waals surface area contributed by atoms with Gasteiger partial charge in [-0.2, -0.15) is 0 Å². The number of Topliss-reactive ketones (excluding diaryl/α,β-unsaturated/α-hetero) is 1. The summed E-state index contributed by atoms with van der Waals surface area (Å²) in [6, 6.07) is 24.2. The molecule has 1 N–H and O–H groups in total. The van der Waals surface area contributed by atoms with Gasteiger partial charge in [0, 0.05) is 22.1 Å². The molecule has 0 amide bonds. The summed E-state index contributed by atoms with van der Waals surface area (Å²) in [5.74, 6) is 5.83. The summed E-state index contributed by atoms with van der Waals surface area (Å²) in [4.78, 5) is 13.4. The van der Waals surface area contributed by atoms with E-state index in [2.05, 4.69) is 24.0 Å². The SMILES string of the molecule is CC1=C2CCC[C@H](O)[C@@]2(Cc2ccccc2)C/C(=C\c2ccc(C#Cc3cccc(F)c3)cc2)C1=O. The Hall–Kier alpha value is -3.74. The minimum atomic E-state index is -0.478. The van der Waals surface area contributed by atoms with Crippen molar-refractivity contribution in [1.82, 2.24) is 0 Å². The molecule has 0 aliphatic heterocycles. The van der Waals surface area contributed by atoms with Crippen molar-refractivity contribution >= 4 is 11.9 Å². The first-order valence-corrected chi connectivity index (χ1v) is 12.5. The molecule has 36 heavy (non-hydrogen) atoms. The van der Waals surface area contributed by atoms with Gasteiger partial charge in [-0.1, -0.05) is 65.9 Å². The van der Waals surface area contributed by atoms with Crippen LogP contribution in [0.3, 0.4) is 0 Å². The molecular formula is C33H29FO2. The average molecular weight is 477 g/mol. The first-order chi connectivity index (χ1) is 17.4. The van der Waals surface area contributed by atoms with E-state index < -0.39 is 11.5 Å². The fourth-order valence-electron chi connectivity index (χ4n) is 5.72. The summed E-state index contributed by atoms with van der Waals surface area (Å²) in [7, 11) is 0. The summed E-state index contributed by atoms with van der Waals surface area (Å²) < 4.78 is 13.4. The maximum atomic E-state index is 13.4. The molecule has 0 spiro atoms.